The molecule has 624 valence electrons. The molecular weight excluding hydrogens is 1560 g/mol. The van der Waals surface area contributed by atoms with Gasteiger partial charge in [0.2, 0.25) is 76.8 Å². The third-order valence-corrected chi connectivity index (χ3v) is 13.9. The summed E-state index contributed by atoms with van der Waals surface area (Å²) in [6, 6.07) is -35.3. The molecule has 0 fully saturated rings. The predicted molar refractivity (Wildman–Crippen MR) is 342 cm³/mol. The molecule has 0 heterocycles. The molecule has 0 rings (SSSR count). The second kappa shape index (κ2) is 47.0. The highest BCUT2D eigenvalue weighted by atomic mass is 16.4. The summed E-state index contributed by atoms with van der Waals surface area (Å²) in [5.41, 5.74) is 5.41. The molecule has 0 saturated heterocycles. The van der Waals surface area contributed by atoms with Gasteiger partial charge in [-0.15, -0.1) is 0 Å². The van der Waals surface area contributed by atoms with Gasteiger partial charge in [-0.05, 0) is 0 Å². The van der Waals surface area contributed by atoms with Crippen molar-refractivity contribution in [2.24, 2.45) is 5.73 Å². The molecule has 0 aliphatic rings. The second-order valence-electron chi connectivity index (χ2n) is 23.1. The molecule has 0 aromatic heterocycles. The number of hydrogen-bond acceptors (Lipinski definition) is 29. The van der Waals surface area contributed by atoms with Crippen LogP contribution < -0.4 is 74.9 Å². The Morgan fingerprint density at radius 2 is 0.239 bits per heavy atom. The van der Waals surface area contributed by atoms with Crippen molar-refractivity contribution in [1.82, 2.24) is 69.1 Å². The number of hydrogen-bond donors (Lipinski definition) is 29. The molecule has 0 aromatic rings. The SMILES string of the molecule is N[C@@H](CC(=O)O)C(=O)N[C@@H](CC(=O)O)C(=O)N[C@@H](CC(=O)O)C(=O)N[C@@H](CC(=O)O)C(=O)N[C@@H](CC(=O)O)C(=O)N[C@@H](CC(=O)O)C(=O)N[C@@H](CC(=O)O)C(=O)N[C@@H](CC(=O)O)C(=O)N[C@@H](CC(=O)O)C(=O)N[C@@H](CC(=O)O)C(=O)N[C@@H](CC(=O)O)C(=O)N[C@@H](CC(=O)O)C(=O)N[C@@H](CC(=O)O)C(=O)N[C@@H](CC(=O)O)C(=O)O. The van der Waals surface area contributed by atoms with E-state index in [9.17, 15) is 201 Å². The van der Waals surface area contributed by atoms with Crippen molar-refractivity contribution >= 4 is 166 Å². The number of rotatable bonds is 55. The monoisotopic (exact) mass is 1630 g/mol. The Morgan fingerprint density at radius 1 is 0.150 bits per heavy atom. The van der Waals surface area contributed by atoms with Crippen molar-refractivity contribution in [2.75, 3.05) is 0 Å². The zero-order valence-electron chi connectivity index (χ0n) is 57.2. The standard InChI is InChI=1S/C56H72N14O43/c57-15(1-29(71)72)43(99)58-16(2-30(73)74)44(100)59-17(3-31(75)76)45(101)60-18(4-32(77)78)46(102)61-19(5-33(79)80)47(103)62-20(6-34(81)82)48(104)63-21(7-35(83)84)49(105)64-22(8-36(85)86)50(106)65-23(9-37(87)88)51(107)66-24(10-38(89)90)52(108)67-25(11-39(91)92)53(109)68-26(12-40(93)94)54(110)69-27(13-41(95)96)55(111)70-28(56(112)113)14-42(97)98/h15-28H,1-14,57H2,(H,58,99)(H,59,100)(H,60,101)(H,61,102)(H,62,103)(H,63,104)(H,64,105)(H,65,106)(H,66,107)(H,67,108)(H,68,109)(H,69,110)(H,70,111)(H,71,72)(H,73,74)(H,75,76)(H,77,78)(H,79,80)(H,81,82)(H,83,84)(H,85,86)(H,87,88)(H,89,90)(H,91,92)(H,93,94)(H,95,96)(H,97,98)(H,112,113)/t15-,16-,17-,18-,19-,20-,21-,22-,23-,24-,25-,26-,27-,28-/m0/s1. The number of nitrogens with two attached hydrogens (primary N) is 1. The molecule has 0 radical (unpaired) electrons. The van der Waals surface area contributed by atoms with E-state index < -0.39 is 341 Å². The molecular formula is C56H72N14O43. The third-order valence-electron chi connectivity index (χ3n) is 13.9. The first kappa shape index (κ1) is 98.1. The van der Waals surface area contributed by atoms with Gasteiger partial charge in [-0.2, -0.15) is 0 Å². The number of carbonyl (C=O) groups is 28. The molecule has 0 spiro atoms. The lowest BCUT2D eigenvalue weighted by atomic mass is 10.1. The molecule has 0 unspecified atom stereocenters. The lowest BCUT2D eigenvalue weighted by Crippen LogP contribution is -2.62. The second-order valence-corrected chi connectivity index (χ2v) is 23.1. The first-order valence-corrected chi connectivity index (χ1v) is 31.1. The maximum Gasteiger partial charge on any atom is 0.326 e. The van der Waals surface area contributed by atoms with Crippen LogP contribution >= 0.6 is 0 Å². The van der Waals surface area contributed by atoms with Gasteiger partial charge >= 0.3 is 89.5 Å². The number of nitrogens with one attached hydrogen (secondary N) is 13. The fourth-order valence-corrected chi connectivity index (χ4v) is 8.81. The van der Waals surface area contributed by atoms with Gasteiger partial charge in [-0.3, -0.25) is 129 Å². The van der Waals surface area contributed by atoms with Crippen molar-refractivity contribution < 1.29 is 211 Å². The van der Waals surface area contributed by atoms with Gasteiger partial charge in [0.05, 0.1) is 95.9 Å². The van der Waals surface area contributed by atoms with Crippen LogP contribution in [-0.4, -0.2) is 328 Å². The van der Waals surface area contributed by atoms with Gasteiger partial charge in [0, 0.05) is 0 Å². The first-order valence-electron chi connectivity index (χ1n) is 31.1. The molecule has 0 aromatic carbocycles. The van der Waals surface area contributed by atoms with Crippen molar-refractivity contribution in [3.63, 3.8) is 0 Å². The Kier molecular flexibility index (Phi) is 40.8. The van der Waals surface area contributed by atoms with Gasteiger partial charge in [0.25, 0.3) is 0 Å². The van der Waals surface area contributed by atoms with Crippen molar-refractivity contribution in [2.45, 2.75) is 174 Å². The van der Waals surface area contributed by atoms with Crippen LogP contribution in [-0.2, 0) is 134 Å². The fraction of sp³-hybridized carbons (Fsp3) is 0.500. The largest absolute Gasteiger partial charge is 0.481 e. The first-order chi connectivity index (χ1) is 52.1. The zero-order chi connectivity index (χ0) is 87.3. The normalized spacial score (nSPS) is 14.3. The number of amides is 13. The van der Waals surface area contributed by atoms with Gasteiger partial charge in [0.1, 0.15) is 78.5 Å². The average Bonchev–Trinajstić information content (AvgIpc) is 0.852. The molecule has 0 saturated carbocycles. The van der Waals surface area contributed by atoms with Crippen LogP contribution in [0.15, 0.2) is 0 Å². The average molecular weight is 1630 g/mol. The Hall–Kier alpha value is -14.9. The highest BCUT2D eigenvalue weighted by Gasteiger charge is 2.41. The number of carbonyl (C=O) groups excluding carboxylic acids is 13. The lowest BCUT2D eigenvalue weighted by Gasteiger charge is -2.27. The summed E-state index contributed by atoms with van der Waals surface area (Å²) in [6.45, 7) is 0. The fourth-order valence-electron chi connectivity index (χ4n) is 8.81. The zero-order valence-corrected chi connectivity index (χ0v) is 57.2. The van der Waals surface area contributed by atoms with Gasteiger partial charge in [-0.1, -0.05) is 0 Å². The third kappa shape index (κ3) is 39.5. The minimum Gasteiger partial charge on any atom is -0.481 e. The molecule has 0 aliphatic carbocycles. The van der Waals surface area contributed by atoms with Crippen LogP contribution in [0.4, 0.5) is 0 Å². The highest BCUT2D eigenvalue weighted by Crippen LogP contribution is 2.11. The smallest absolute Gasteiger partial charge is 0.326 e. The predicted octanol–water partition coefficient (Wildman–Crippen LogP) is -14.7. The molecule has 0 aliphatic heterocycles. The van der Waals surface area contributed by atoms with Gasteiger partial charge in [-0.25, -0.2) is 4.79 Å². The lowest BCUT2D eigenvalue weighted by molar-refractivity contribution is -0.148. The highest BCUT2D eigenvalue weighted by molar-refractivity contribution is 6.04. The van der Waals surface area contributed by atoms with Crippen LogP contribution in [0, 0.1) is 0 Å². The van der Waals surface area contributed by atoms with E-state index in [1.165, 1.54) is 0 Å². The summed E-state index contributed by atoms with van der Waals surface area (Å²) in [4.78, 5) is 351. The maximum absolute atomic E-state index is 13.8. The van der Waals surface area contributed by atoms with E-state index >= 15 is 0 Å². The summed E-state index contributed by atoms with van der Waals surface area (Å²) in [6.07, 6.45) is -21.7. The summed E-state index contributed by atoms with van der Waals surface area (Å²) >= 11 is 0. The summed E-state index contributed by atoms with van der Waals surface area (Å²) in [7, 11) is 0. The quantitative estimate of drug-likeness (QED) is 0.0269. The van der Waals surface area contributed by atoms with E-state index in [1.807, 2.05) is 0 Å². The molecule has 13 amide bonds. The van der Waals surface area contributed by atoms with E-state index in [4.69, 9.17) is 15.9 Å². The van der Waals surface area contributed by atoms with Gasteiger partial charge in [0.15, 0.2) is 0 Å². The van der Waals surface area contributed by atoms with E-state index in [1.54, 1.807) is 69.1 Å². The minimum absolute atomic E-state index is 1.09. The van der Waals surface area contributed by atoms with Crippen LogP contribution in [0.5, 0.6) is 0 Å². The van der Waals surface area contributed by atoms with E-state index in [0.717, 1.165) is 0 Å². The van der Waals surface area contributed by atoms with E-state index in [0.29, 0.717) is 0 Å². The van der Waals surface area contributed by atoms with Crippen LogP contribution in [0.1, 0.15) is 89.9 Å². The van der Waals surface area contributed by atoms with Crippen molar-refractivity contribution in [3.8, 4) is 0 Å². The molecule has 30 N–H and O–H groups in total. The number of carboxylic acid groups (broad SMARTS) is 15. The summed E-state index contributed by atoms with van der Waals surface area (Å²) in [5, 5.41) is 163. The molecule has 14 atom stereocenters. The van der Waals surface area contributed by atoms with Crippen LogP contribution in [0.25, 0.3) is 0 Å². The van der Waals surface area contributed by atoms with Crippen LogP contribution in [0.2, 0.25) is 0 Å². The molecule has 113 heavy (non-hydrogen) atoms. The van der Waals surface area contributed by atoms with Crippen molar-refractivity contribution in [3.05, 3.63) is 0 Å². The Morgan fingerprint density at radius 3 is 0.336 bits per heavy atom. The summed E-state index contributed by atoms with van der Waals surface area (Å²) < 4.78 is 0. The number of aliphatic carboxylic acids is 15. The van der Waals surface area contributed by atoms with Crippen LogP contribution in [0.3, 0.4) is 0 Å². The van der Waals surface area contributed by atoms with E-state index in [-0.39, 0.29) is 0 Å². The minimum atomic E-state index is -2.72. The Bertz CT molecular complexity index is 3760. The number of carboxylic acids is 15. The molecule has 57 heteroatoms. The van der Waals surface area contributed by atoms with Gasteiger partial charge < -0.3 is 151 Å². The maximum atomic E-state index is 13.8. The summed E-state index contributed by atoms with van der Waals surface area (Å²) in [5.74, 6) is -54.2. The van der Waals surface area contributed by atoms with E-state index in [2.05, 4.69) is 0 Å². The Labute approximate surface area is 625 Å². The molecule has 57 nitrogen and oxygen atoms in total. The van der Waals surface area contributed by atoms with Crippen molar-refractivity contribution in [1.29, 1.82) is 0 Å². The topological polar surface area (TPSA) is 964 Å². The molecule has 0 bridgehead atoms. The Balaban J connectivity index is 7.22.